The predicted molar refractivity (Wildman–Crippen MR) is 78.6 cm³/mol. The molecule has 0 radical (unpaired) electrons. The molecule has 1 N–H and O–H groups in total. The third-order valence-electron chi connectivity index (χ3n) is 3.17. The summed E-state index contributed by atoms with van der Waals surface area (Å²) in [5.74, 6) is 0.792. The van der Waals surface area contributed by atoms with Gasteiger partial charge in [-0.2, -0.15) is 0 Å². The van der Waals surface area contributed by atoms with Crippen LogP contribution in [0.2, 0.25) is 0 Å². The van der Waals surface area contributed by atoms with Crippen LogP contribution in [0.3, 0.4) is 0 Å². The number of unbranched alkanes of at least 4 members (excludes halogenated alkanes) is 1. The van der Waals surface area contributed by atoms with Gasteiger partial charge in [-0.25, -0.2) is 0 Å². The molecule has 0 aliphatic carbocycles. The molecule has 104 valence electrons. The molecule has 0 heterocycles. The summed E-state index contributed by atoms with van der Waals surface area (Å²) >= 11 is 0. The fourth-order valence-corrected chi connectivity index (χ4v) is 2.17. The standard InChI is InChI=1S/C15H34N2/c1-6-11-16-15(5)10-8-9-12-17(7-2)13-14(3)4/h14-16H,6-13H2,1-5H3. The lowest BCUT2D eigenvalue weighted by molar-refractivity contribution is 0.249. The molecule has 0 bridgehead atoms. The lowest BCUT2D eigenvalue weighted by atomic mass is 10.1. The van der Waals surface area contributed by atoms with Crippen LogP contribution in [-0.2, 0) is 0 Å². The molecule has 0 aliphatic rings. The number of rotatable bonds is 11. The van der Waals surface area contributed by atoms with Crippen LogP contribution in [0, 0.1) is 5.92 Å². The van der Waals surface area contributed by atoms with Crippen LogP contribution < -0.4 is 5.32 Å². The first-order valence-electron chi connectivity index (χ1n) is 7.55. The SMILES string of the molecule is CCCNC(C)CCCCN(CC)CC(C)C. The van der Waals surface area contributed by atoms with Crippen LogP contribution in [0.1, 0.15) is 60.3 Å². The number of hydrogen-bond donors (Lipinski definition) is 1. The molecule has 0 amide bonds. The lowest BCUT2D eigenvalue weighted by Gasteiger charge is -2.22. The molecular formula is C15H34N2. The highest BCUT2D eigenvalue weighted by Gasteiger charge is 2.05. The van der Waals surface area contributed by atoms with Gasteiger partial charge in [0.2, 0.25) is 0 Å². The predicted octanol–water partition coefficient (Wildman–Crippen LogP) is 3.52. The summed E-state index contributed by atoms with van der Waals surface area (Å²) in [5, 5.41) is 3.55. The van der Waals surface area contributed by atoms with Crippen molar-refractivity contribution in [3.05, 3.63) is 0 Å². The normalized spacial score (nSPS) is 13.6. The molecular weight excluding hydrogens is 208 g/mol. The Morgan fingerprint density at radius 3 is 2.29 bits per heavy atom. The van der Waals surface area contributed by atoms with Gasteiger partial charge in [-0.05, 0) is 51.7 Å². The monoisotopic (exact) mass is 242 g/mol. The average Bonchev–Trinajstić information content (AvgIpc) is 2.29. The zero-order valence-corrected chi connectivity index (χ0v) is 12.8. The first-order valence-corrected chi connectivity index (χ1v) is 7.55. The maximum absolute atomic E-state index is 3.55. The van der Waals surface area contributed by atoms with Crippen molar-refractivity contribution in [3.63, 3.8) is 0 Å². The molecule has 0 aromatic carbocycles. The van der Waals surface area contributed by atoms with Crippen molar-refractivity contribution in [1.29, 1.82) is 0 Å². The van der Waals surface area contributed by atoms with Gasteiger partial charge in [0.15, 0.2) is 0 Å². The van der Waals surface area contributed by atoms with Crippen LogP contribution in [0.15, 0.2) is 0 Å². The van der Waals surface area contributed by atoms with Crippen LogP contribution in [-0.4, -0.2) is 37.1 Å². The minimum atomic E-state index is 0.690. The molecule has 0 aromatic heterocycles. The Kier molecular flexibility index (Phi) is 11.0. The third-order valence-corrected chi connectivity index (χ3v) is 3.17. The Labute approximate surface area is 109 Å². The Morgan fingerprint density at radius 2 is 1.76 bits per heavy atom. The molecule has 0 aromatic rings. The zero-order valence-electron chi connectivity index (χ0n) is 12.8. The number of nitrogens with zero attached hydrogens (tertiary/aromatic N) is 1. The van der Waals surface area contributed by atoms with Crippen molar-refractivity contribution >= 4 is 0 Å². The van der Waals surface area contributed by atoms with Gasteiger partial charge >= 0.3 is 0 Å². The second-order valence-electron chi connectivity index (χ2n) is 5.64. The van der Waals surface area contributed by atoms with Gasteiger partial charge in [-0.1, -0.05) is 34.1 Å². The van der Waals surface area contributed by atoms with Crippen molar-refractivity contribution in [3.8, 4) is 0 Å². The molecule has 0 saturated heterocycles. The summed E-state index contributed by atoms with van der Waals surface area (Å²) in [4.78, 5) is 2.58. The summed E-state index contributed by atoms with van der Waals surface area (Å²) in [6, 6.07) is 0.690. The van der Waals surface area contributed by atoms with Crippen molar-refractivity contribution in [2.45, 2.75) is 66.3 Å². The minimum absolute atomic E-state index is 0.690. The van der Waals surface area contributed by atoms with Gasteiger partial charge in [0.1, 0.15) is 0 Å². The van der Waals surface area contributed by atoms with E-state index in [2.05, 4.69) is 44.8 Å². The molecule has 0 fully saturated rings. The summed E-state index contributed by atoms with van der Waals surface area (Å²) < 4.78 is 0. The first kappa shape index (κ1) is 16.9. The minimum Gasteiger partial charge on any atom is -0.314 e. The molecule has 17 heavy (non-hydrogen) atoms. The summed E-state index contributed by atoms with van der Waals surface area (Å²) in [6.45, 7) is 16.3. The second-order valence-corrected chi connectivity index (χ2v) is 5.64. The highest BCUT2D eigenvalue weighted by molar-refractivity contribution is 4.62. The van der Waals surface area contributed by atoms with E-state index in [1.807, 2.05) is 0 Å². The van der Waals surface area contributed by atoms with Crippen molar-refractivity contribution < 1.29 is 0 Å². The van der Waals surface area contributed by atoms with Gasteiger partial charge in [0.05, 0.1) is 0 Å². The van der Waals surface area contributed by atoms with E-state index in [0.717, 1.165) is 12.5 Å². The fraction of sp³-hybridized carbons (Fsp3) is 1.00. The lowest BCUT2D eigenvalue weighted by Crippen LogP contribution is -2.29. The van der Waals surface area contributed by atoms with Crippen LogP contribution in [0.4, 0.5) is 0 Å². The fourth-order valence-electron chi connectivity index (χ4n) is 2.17. The number of hydrogen-bond acceptors (Lipinski definition) is 2. The van der Waals surface area contributed by atoms with Gasteiger partial charge < -0.3 is 10.2 Å². The van der Waals surface area contributed by atoms with Crippen LogP contribution in [0.25, 0.3) is 0 Å². The second kappa shape index (κ2) is 11.0. The maximum atomic E-state index is 3.55. The molecule has 0 spiro atoms. The smallest absolute Gasteiger partial charge is 0.00387 e. The molecule has 2 nitrogen and oxygen atoms in total. The van der Waals surface area contributed by atoms with Crippen LogP contribution in [0.5, 0.6) is 0 Å². The Hall–Kier alpha value is -0.0800. The Balaban J connectivity index is 3.47. The molecule has 1 unspecified atom stereocenters. The summed E-state index contributed by atoms with van der Waals surface area (Å²) in [5.41, 5.74) is 0. The molecule has 0 aliphatic heterocycles. The Morgan fingerprint density at radius 1 is 1.06 bits per heavy atom. The summed E-state index contributed by atoms with van der Waals surface area (Å²) in [6.07, 6.45) is 5.26. The van der Waals surface area contributed by atoms with Crippen molar-refractivity contribution in [2.24, 2.45) is 5.92 Å². The van der Waals surface area contributed by atoms with Crippen molar-refractivity contribution in [1.82, 2.24) is 10.2 Å². The van der Waals surface area contributed by atoms with Gasteiger partial charge in [0.25, 0.3) is 0 Å². The van der Waals surface area contributed by atoms with E-state index in [0.29, 0.717) is 6.04 Å². The van der Waals surface area contributed by atoms with E-state index in [-0.39, 0.29) is 0 Å². The van der Waals surface area contributed by atoms with E-state index < -0.39 is 0 Å². The molecule has 0 rings (SSSR count). The van der Waals surface area contributed by atoms with E-state index in [9.17, 15) is 0 Å². The molecule has 0 saturated carbocycles. The largest absolute Gasteiger partial charge is 0.314 e. The van der Waals surface area contributed by atoms with Gasteiger partial charge in [-0.3, -0.25) is 0 Å². The average molecular weight is 242 g/mol. The third kappa shape index (κ3) is 10.8. The maximum Gasteiger partial charge on any atom is 0.00387 e. The van der Waals surface area contributed by atoms with Gasteiger partial charge in [0, 0.05) is 12.6 Å². The molecule has 2 heteroatoms. The van der Waals surface area contributed by atoms with E-state index in [4.69, 9.17) is 0 Å². The molecule has 1 atom stereocenters. The quantitative estimate of drug-likeness (QED) is 0.558. The zero-order chi connectivity index (χ0) is 13.1. The number of nitrogens with one attached hydrogen (secondary N) is 1. The highest BCUT2D eigenvalue weighted by atomic mass is 15.1. The summed E-state index contributed by atoms with van der Waals surface area (Å²) in [7, 11) is 0. The highest BCUT2D eigenvalue weighted by Crippen LogP contribution is 2.04. The van der Waals surface area contributed by atoms with E-state index >= 15 is 0 Å². The van der Waals surface area contributed by atoms with E-state index in [1.165, 1.54) is 45.3 Å². The van der Waals surface area contributed by atoms with E-state index in [1.54, 1.807) is 0 Å². The van der Waals surface area contributed by atoms with Crippen molar-refractivity contribution in [2.75, 3.05) is 26.2 Å². The van der Waals surface area contributed by atoms with Crippen LogP contribution >= 0.6 is 0 Å². The first-order chi connectivity index (χ1) is 8.10. The van der Waals surface area contributed by atoms with Gasteiger partial charge in [-0.15, -0.1) is 0 Å². The Bertz CT molecular complexity index is 157. The topological polar surface area (TPSA) is 15.3 Å².